The third kappa shape index (κ3) is 3.33. The first-order valence-corrected chi connectivity index (χ1v) is 9.95. The first-order valence-electron chi connectivity index (χ1n) is 9.95. The van der Waals surface area contributed by atoms with Crippen LogP contribution in [0.4, 0.5) is 5.69 Å². The number of fused-ring (bicyclic) bond motifs is 3. The lowest BCUT2D eigenvalue weighted by molar-refractivity contribution is -0.131. The molecular formula is C21H29N3O3. The Morgan fingerprint density at radius 2 is 1.81 bits per heavy atom. The number of benzene rings is 1. The number of hydrogen-bond acceptors (Lipinski definition) is 3. The SMILES string of the molecule is CCCN(CCC)C(=O)CCN1C(=O)c2ccccc2N2C(=O)CCC12C. The standard InChI is InChI=1S/C21H29N3O3/c1-4-13-22(14-5-2)18(25)11-15-23-20(27)16-8-6-7-9-17(16)24-19(26)10-12-21(23,24)3/h6-9H,4-5,10-15H2,1-3H3. The maximum atomic E-state index is 13.2. The molecular weight excluding hydrogens is 342 g/mol. The van der Waals surface area contributed by atoms with Crippen LogP contribution in [0.25, 0.3) is 0 Å². The minimum Gasteiger partial charge on any atom is -0.343 e. The summed E-state index contributed by atoms with van der Waals surface area (Å²) in [5.74, 6) is 0.0154. The van der Waals surface area contributed by atoms with Crippen molar-refractivity contribution in [2.24, 2.45) is 0 Å². The fourth-order valence-corrected chi connectivity index (χ4v) is 4.31. The average molecular weight is 371 g/mol. The van der Waals surface area contributed by atoms with Crippen LogP contribution in [0.3, 0.4) is 0 Å². The van der Waals surface area contributed by atoms with E-state index in [0.29, 0.717) is 30.6 Å². The second-order valence-electron chi connectivity index (χ2n) is 7.55. The van der Waals surface area contributed by atoms with Gasteiger partial charge in [0, 0.05) is 32.5 Å². The monoisotopic (exact) mass is 371 g/mol. The van der Waals surface area contributed by atoms with Crippen LogP contribution in [0.5, 0.6) is 0 Å². The minimum atomic E-state index is -0.691. The molecule has 6 nitrogen and oxygen atoms in total. The Hall–Kier alpha value is -2.37. The van der Waals surface area contributed by atoms with Gasteiger partial charge in [-0.3, -0.25) is 19.3 Å². The van der Waals surface area contributed by atoms with E-state index < -0.39 is 5.66 Å². The molecule has 0 saturated carbocycles. The number of anilines is 1. The smallest absolute Gasteiger partial charge is 0.257 e. The number of carbonyl (C=O) groups is 3. The van der Waals surface area contributed by atoms with Crippen molar-refractivity contribution in [2.75, 3.05) is 24.5 Å². The summed E-state index contributed by atoms with van der Waals surface area (Å²) in [5.41, 5.74) is 0.536. The van der Waals surface area contributed by atoms with Crippen LogP contribution in [-0.4, -0.2) is 52.8 Å². The molecule has 2 aliphatic heterocycles. The van der Waals surface area contributed by atoms with E-state index in [4.69, 9.17) is 0 Å². The van der Waals surface area contributed by atoms with Gasteiger partial charge in [0.2, 0.25) is 11.8 Å². The molecule has 27 heavy (non-hydrogen) atoms. The number of para-hydroxylation sites is 1. The molecule has 1 aromatic carbocycles. The van der Waals surface area contributed by atoms with Crippen molar-refractivity contribution in [3.8, 4) is 0 Å². The van der Waals surface area contributed by atoms with Crippen molar-refractivity contribution in [1.82, 2.24) is 9.80 Å². The second kappa shape index (κ2) is 7.71. The van der Waals surface area contributed by atoms with E-state index in [2.05, 4.69) is 13.8 Å². The number of nitrogens with zero attached hydrogens (tertiary/aromatic N) is 3. The van der Waals surface area contributed by atoms with E-state index in [1.807, 2.05) is 30.0 Å². The second-order valence-corrected chi connectivity index (χ2v) is 7.55. The molecule has 2 aliphatic rings. The van der Waals surface area contributed by atoms with Crippen molar-refractivity contribution in [2.45, 2.75) is 58.5 Å². The molecule has 0 bridgehead atoms. The van der Waals surface area contributed by atoms with Gasteiger partial charge in [-0.25, -0.2) is 0 Å². The highest BCUT2D eigenvalue weighted by Gasteiger charge is 2.52. The lowest BCUT2D eigenvalue weighted by Gasteiger charge is -2.48. The summed E-state index contributed by atoms with van der Waals surface area (Å²) in [6, 6.07) is 7.26. The zero-order valence-corrected chi connectivity index (χ0v) is 16.5. The van der Waals surface area contributed by atoms with Crippen LogP contribution in [0, 0.1) is 0 Å². The Labute approximate surface area is 161 Å². The summed E-state index contributed by atoms with van der Waals surface area (Å²) in [4.78, 5) is 43.8. The molecule has 0 radical (unpaired) electrons. The zero-order valence-electron chi connectivity index (χ0n) is 16.5. The number of rotatable bonds is 7. The van der Waals surface area contributed by atoms with E-state index >= 15 is 0 Å². The van der Waals surface area contributed by atoms with Crippen LogP contribution in [0.2, 0.25) is 0 Å². The van der Waals surface area contributed by atoms with Gasteiger partial charge < -0.3 is 9.80 Å². The van der Waals surface area contributed by atoms with Crippen molar-refractivity contribution in [3.63, 3.8) is 0 Å². The molecule has 1 saturated heterocycles. The quantitative estimate of drug-likeness (QED) is 0.740. The van der Waals surface area contributed by atoms with Crippen molar-refractivity contribution in [1.29, 1.82) is 0 Å². The van der Waals surface area contributed by atoms with E-state index in [0.717, 1.165) is 25.9 Å². The Morgan fingerprint density at radius 3 is 2.48 bits per heavy atom. The molecule has 146 valence electrons. The van der Waals surface area contributed by atoms with E-state index in [1.54, 1.807) is 15.9 Å². The topological polar surface area (TPSA) is 60.9 Å². The van der Waals surface area contributed by atoms with Crippen LogP contribution < -0.4 is 4.90 Å². The predicted molar refractivity (Wildman–Crippen MR) is 104 cm³/mol. The largest absolute Gasteiger partial charge is 0.343 e. The molecule has 0 aromatic heterocycles. The van der Waals surface area contributed by atoms with Gasteiger partial charge in [0.15, 0.2) is 0 Å². The van der Waals surface area contributed by atoms with Crippen LogP contribution in [-0.2, 0) is 9.59 Å². The molecule has 1 unspecified atom stereocenters. The normalized spacial score (nSPS) is 21.3. The van der Waals surface area contributed by atoms with Crippen LogP contribution in [0.15, 0.2) is 24.3 Å². The van der Waals surface area contributed by atoms with E-state index in [-0.39, 0.29) is 24.1 Å². The third-order valence-corrected chi connectivity index (χ3v) is 5.63. The first kappa shape index (κ1) is 19.4. The fraction of sp³-hybridized carbons (Fsp3) is 0.571. The summed E-state index contributed by atoms with van der Waals surface area (Å²) in [6.45, 7) is 7.87. The van der Waals surface area contributed by atoms with Gasteiger partial charge in [0.05, 0.1) is 11.3 Å². The highest BCUT2D eigenvalue weighted by Crippen LogP contribution is 2.43. The molecule has 1 aromatic rings. The van der Waals surface area contributed by atoms with E-state index in [9.17, 15) is 14.4 Å². The Kier molecular flexibility index (Phi) is 5.53. The molecule has 2 heterocycles. The van der Waals surface area contributed by atoms with Gasteiger partial charge in [0.1, 0.15) is 5.66 Å². The molecule has 0 N–H and O–H groups in total. The number of carbonyl (C=O) groups excluding carboxylic acids is 3. The van der Waals surface area contributed by atoms with Gasteiger partial charge in [-0.1, -0.05) is 26.0 Å². The molecule has 0 spiro atoms. The first-order chi connectivity index (χ1) is 12.9. The Bertz CT molecular complexity index is 742. The zero-order chi connectivity index (χ0) is 19.6. The highest BCUT2D eigenvalue weighted by molar-refractivity contribution is 6.10. The predicted octanol–water partition coefficient (Wildman–Crippen LogP) is 3.02. The molecule has 1 atom stereocenters. The third-order valence-electron chi connectivity index (χ3n) is 5.63. The summed E-state index contributed by atoms with van der Waals surface area (Å²) < 4.78 is 0. The van der Waals surface area contributed by atoms with Gasteiger partial charge in [-0.2, -0.15) is 0 Å². The van der Waals surface area contributed by atoms with Gasteiger partial charge in [0.25, 0.3) is 5.91 Å². The fourth-order valence-electron chi connectivity index (χ4n) is 4.31. The van der Waals surface area contributed by atoms with Gasteiger partial charge in [-0.15, -0.1) is 0 Å². The van der Waals surface area contributed by atoms with E-state index in [1.165, 1.54) is 0 Å². The summed E-state index contributed by atoms with van der Waals surface area (Å²) in [5, 5.41) is 0. The van der Waals surface area contributed by atoms with Gasteiger partial charge >= 0.3 is 0 Å². The molecule has 0 aliphatic carbocycles. The lowest BCUT2D eigenvalue weighted by atomic mass is 9.98. The van der Waals surface area contributed by atoms with Crippen LogP contribution >= 0.6 is 0 Å². The van der Waals surface area contributed by atoms with Crippen molar-refractivity contribution >= 4 is 23.4 Å². The summed E-state index contributed by atoms with van der Waals surface area (Å²) in [7, 11) is 0. The maximum absolute atomic E-state index is 13.2. The number of amides is 3. The van der Waals surface area contributed by atoms with Crippen molar-refractivity contribution in [3.05, 3.63) is 29.8 Å². The maximum Gasteiger partial charge on any atom is 0.257 e. The van der Waals surface area contributed by atoms with Gasteiger partial charge in [-0.05, 0) is 38.3 Å². The Balaban J connectivity index is 1.84. The van der Waals surface area contributed by atoms with Crippen molar-refractivity contribution < 1.29 is 14.4 Å². The summed E-state index contributed by atoms with van der Waals surface area (Å²) >= 11 is 0. The summed E-state index contributed by atoms with van der Waals surface area (Å²) in [6.07, 6.45) is 3.13. The van der Waals surface area contributed by atoms with Crippen LogP contribution in [0.1, 0.15) is 63.2 Å². The minimum absolute atomic E-state index is 0.0346. The Morgan fingerprint density at radius 1 is 1.15 bits per heavy atom. The lowest BCUT2D eigenvalue weighted by Crippen LogP contribution is -2.62. The molecule has 6 heteroatoms. The molecule has 1 fully saturated rings. The molecule has 3 amide bonds. The molecule has 3 rings (SSSR count). The highest BCUT2D eigenvalue weighted by atomic mass is 16.2. The average Bonchev–Trinajstić information content (AvgIpc) is 2.96. The number of hydrogen-bond donors (Lipinski definition) is 0.